The molecule has 0 aromatic heterocycles. The normalized spacial score (nSPS) is 12.0. The minimum atomic E-state index is 0.0417. The molecular formula is C19H23NO. The summed E-state index contributed by atoms with van der Waals surface area (Å²) in [5, 5.41) is 3.06. The lowest BCUT2D eigenvalue weighted by Gasteiger charge is -2.16. The van der Waals surface area contributed by atoms with E-state index in [1.165, 1.54) is 5.56 Å². The van der Waals surface area contributed by atoms with Crippen molar-refractivity contribution < 1.29 is 4.79 Å². The van der Waals surface area contributed by atoms with Gasteiger partial charge in [-0.3, -0.25) is 4.79 Å². The third-order valence-corrected chi connectivity index (χ3v) is 3.99. The molecule has 2 aromatic rings. The van der Waals surface area contributed by atoms with Gasteiger partial charge in [-0.05, 0) is 42.0 Å². The number of carbonyl (C=O) groups excluding carboxylic acids is 1. The van der Waals surface area contributed by atoms with Crippen LogP contribution in [0.25, 0.3) is 0 Å². The van der Waals surface area contributed by atoms with Crippen molar-refractivity contribution in [2.45, 2.75) is 39.5 Å². The maximum absolute atomic E-state index is 12.3. The Morgan fingerprint density at radius 1 is 1.10 bits per heavy atom. The molecule has 0 aliphatic rings. The summed E-state index contributed by atoms with van der Waals surface area (Å²) >= 11 is 0. The predicted molar refractivity (Wildman–Crippen MR) is 88.7 cm³/mol. The van der Waals surface area contributed by atoms with E-state index in [0.717, 1.165) is 23.2 Å². The van der Waals surface area contributed by atoms with E-state index >= 15 is 0 Å². The van der Waals surface area contributed by atoms with Crippen LogP contribution in [0, 0.1) is 6.92 Å². The van der Waals surface area contributed by atoms with Crippen LogP contribution < -0.4 is 5.32 Å². The molecule has 2 aromatic carbocycles. The minimum Gasteiger partial charge on any atom is -0.326 e. The first-order valence-electron chi connectivity index (χ1n) is 7.55. The number of benzene rings is 2. The van der Waals surface area contributed by atoms with Gasteiger partial charge in [-0.25, -0.2) is 0 Å². The number of carbonyl (C=O) groups is 1. The third-order valence-electron chi connectivity index (χ3n) is 3.99. The Hall–Kier alpha value is -2.09. The van der Waals surface area contributed by atoms with Gasteiger partial charge in [-0.15, -0.1) is 0 Å². The predicted octanol–water partition coefficient (Wildman–Crippen LogP) is 4.69. The largest absolute Gasteiger partial charge is 0.326 e. The van der Waals surface area contributed by atoms with Crippen molar-refractivity contribution in [2.24, 2.45) is 0 Å². The molecule has 2 rings (SSSR count). The molecule has 1 amide bonds. The van der Waals surface area contributed by atoms with E-state index in [0.29, 0.717) is 12.3 Å². The molecular weight excluding hydrogens is 258 g/mol. The number of anilines is 1. The Kier molecular flexibility index (Phi) is 5.15. The lowest BCUT2D eigenvalue weighted by Crippen LogP contribution is -2.16. The van der Waals surface area contributed by atoms with Gasteiger partial charge in [0.05, 0.1) is 6.42 Å². The number of para-hydroxylation sites is 1. The van der Waals surface area contributed by atoms with Crippen molar-refractivity contribution in [2.75, 3.05) is 5.32 Å². The van der Waals surface area contributed by atoms with Gasteiger partial charge in [-0.1, -0.05) is 56.3 Å². The van der Waals surface area contributed by atoms with Crippen molar-refractivity contribution in [1.29, 1.82) is 0 Å². The summed E-state index contributed by atoms with van der Waals surface area (Å²) in [6, 6.07) is 16.1. The third kappa shape index (κ3) is 3.94. The summed E-state index contributed by atoms with van der Waals surface area (Å²) in [7, 11) is 0. The summed E-state index contributed by atoms with van der Waals surface area (Å²) in [4.78, 5) is 12.3. The smallest absolute Gasteiger partial charge is 0.228 e. The maximum Gasteiger partial charge on any atom is 0.228 e. The average molecular weight is 281 g/mol. The minimum absolute atomic E-state index is 0.0417. The van der Waals surface area contributed by atoms with Crippen LogP contribution >= 0.6 is 0 Å². The van der Waals surface area contributed by atoms with E-state index < -0.39 is 0 Å². The number of hydrogen-bond acceptors (Lipinski definition) is 1. The molecule has 0 heterocycles. The van der Waals surface area contributed by atoms with Gasteiger partial charge in [0.25, 0.3) is 0 Å². The maximum atomic E-state index is 12.3. The molecule has 1 N–H and O–H groups in total. The van der Waals surface area contributed by atoms with Crippen LogP contribution in [-0.2, 0) is 11.2 Å². The average Bonchev–Trinajstić information content (AvgIpc) is 2.49. The molecule has 0 radical (unpaired) electrons. The molecule has 0 aliphatic heterocycles. The van der Waals surface area contributed by atoms with Crippen LogP contribution in [-0.4, -0.2) is 5.91 Å². The standard InChI is InChI=1S/C19H23NO/c1-4-14(2)17-11-7-8-12-18(17)20-19(21)13-16-10-6-5-9-15(16)3/h5-12,14H,4,13H2,1-3H3,(H,20,21)/t14-/m1/s1. The molecule has 0 fully saturated rings. The number of amides is 1. The molecule has 0 aliphatic carbocycles. The quantitative estimate of drug-likeness (QED) is 0.846. The molecule has 0 saturated carbocycles. The van der Waals surface area contributed by atoms with Crippen LogP contribution in [0.1, 0.15) is 42.9 Å². The first kappa shape index (κ1) is 15.3. The fourth-order valence-corrected chi connectivity index (χ4v) is 2.44. The van der Waals surface area contributed by atoms with Gasteiger partial charge in [-0.2, -0.15) is 0 Å². The number of aryl methyl sites for hydroxylation is 1. The van der Waals surface area contributed by atoms with Crippen LogP contribution in [0.3, 0.4) is 0 Å². The van der Waals surface area contributed by atoms with Crippen molar-refractivity contribution in [1.82, 2.24) is 0 Å². The number of hydrogen-bond donors (Lipinski definition) is 1. The fraction of sp³-hybridized carbons (Fsp3) is 0.316. The second kappa shape index (κ2) is 7.07. The van der Waals surface area contributed by atoms with Crippen molar-refractivity contribution in [3.8, 4) is 0 Å². The second-order valence-electron chi connectivity index (χ2n) is 5.55. The van der Waals surface area contributed by atoms with Gasteiger partial charge in [0.15, 0.2) is 0 Å². The fourth-order valence-electron chi connectivity index (χ4n) is 2.44. The highest BCUT2D eigenvalue weighted by Gasteiger charge is 2.11. The van der Waals surface area contributed by atoms with Crippen molar-refractivity contribution in [3.05, 3.63) is 65.2 Å². The lowest BCUT2D eigenvalue weighted by atomic mass is 9.96. The zero-order valence-corrected chi connectivity index (χ0v) is 13.0. The van der Waals surface area contributed by atoms with Crippen LogP contribution in [0.2, 0.25) is 0 Å². The molecule has 0 bridgehead atoms. The van der Waals surface area contributed by atoms with E-state index in [2.05, 4.69) is 25.2 Å². The van der Waals surface area contributed by atoms with Gasteiger partial charge >= 0.3 is 0 Å². The van der Waals surface area contributed by atoms with Crippen molar-refractivity contribution in [3.63, 3.8) is 0 Å². The lowest BCUT2D eigenvalue weighted by molar-refractivity contribution is -0.115. The molecule has 1 atom stereocenters. The number of rotatable bonds is 5. The molecule has 0 saturated heterocycles. The van der Waals surface area contributed by atoms with Crippen LogP contribution in [0.5, 0.6) is 0 Å². The summed E-state index contributed by atoms with van der Waals surface area (Å²) in [6.45, 7) is 6.39. The molecule has 0 spiro atoms. The van der Waals surface area contributed by atoms with Crippen LogP contribution in [0.15, 0.2) is 48.5 Å². The Morgan fingerprint density at radius 3 is 2.48 bits per heavy atom. The van der Waals surface area contributed by atoms with E-state index in [9.17, 15) is 4.79 Å². The summed E-state index contributed by atoms with van der Waals surface area (Å²) < 4.78 is 0. The van der Waals surface area contributed by atoms with Gasteiger partial charge in [0, 0.05) is 5.69 Å². The summed E-state index contributed by atoms with van der Waals surface area (Å²) in [5.41, 5.74) is 4.38. The molecule has 110 valence electrons. The SMILES string of the molecule is CC[C@@H](C)c1ccccc1NC(=O)Cc1ccccc1C. The van der Waals surface area contributed by atoms with Gasteiger partial charge in [0.1, 0.15) is 0 Å². The first-order chi connectivity index (χ1) is 10.1. The molecule has 2 heteroatoms. The Bertz CT molecular complexity index is 618. The zero-order valence-electron chi connectivity index (χ0n) is 13.0. The second-order valence-corrected chi connectivity index (χ2v) is 5.55. The van der Waals surface area contributed by atoms with Gasteiger partial charge in [0.2, 0.25) is 5.91 Å². The van der Waals surface area contributed by atoms with E-state index in [1.54, 1.807) is 0 Å². The van der Waals surface area contributed by atoms with E-state index in [4.69, 9.17) is 0 Å². The van der Waals surface area contributed by atoms with E-state index in [-0.39, 0.29) is 5.91 Å². The molecule has 0 unspecified atom stereocenters. The molecule has 2 nitrogen and oxygen atoms in total. The first-order valence-corrected chi connectivity index (χ1v) is 7.55. The zero-order chi connectivity index (χ0) is 15.2. The highest BCUT2D eigenvalue weighted by Crippen LogP contribution is 2.26. The Morgan fingerprint density at radius 2 is 1.76 bits per heavy atom. The summed E-state index contributed by atoms with van der Waals surface area (Å²) in [5.74, 6) is 0.486. The Balaban J connectivity index is 2.12. The van der Waals surface area contributed by atoms with E-state index in [1.807, 2.05) is 49.4 Å². The monoisotopic (exact) mass is 281 g/mol. The van der Waals surface area contributed by atoms with Crippen molar-refractivity contribution >= 4 is 11.6 Å². The topological polar surface area (TPSA) is 29.1 Å². The highest BCUT2D eigenvalue weighted by atomic mass is 16.1. The number of nitrogens with one attached hydrogen (secondary N) is 1. The Labute approximate surface area is 127 Å². The van der Waals surface area contributed by atoms with Crippen LogP contribution in [0.4, 0.5) is 5.69 Å². The van der Waals surface area contributed by atoms with Gasteiger partial charge < -0.3 is 5.32 Å². The summed E-state index contributed by atoms with van der Waals surface area (Å²) in [6.07, 6.45) is 1.48. The highest BCUT2D eigenvalue weighted by molar-refractivity contribution is 5.93. The molecule has 21 heavy (non-hydrogen) atoms.